The predicted molar refractivity (Wildman–Crippen MR) is 60.6 cm³/mol. The second-order valence-corrected chi connectivity index (χ2v) is 3.50. The average Bonchev–Trinajstić information content (AvgIpc) is 2.23. The number of rotatable bonds is 9. The van der Waals surface area contributed by atoms with Crippen molar-refractivity contribution in [2.45, 2.75) is 45.4 Å². The monoisotopic (exact) mass is 214 g/mol. The Morgan fingerprint density at radius 3 is 2.73 bits per heavy atom. The van der Waals surface area contributed by atoms with Crippen LogP contribution in [-0.4, -0.2) is 24.3 Å². The molecule has 0 aliphatic rings. The van der Waals surface area contributed by atoms with Crippen molar-refractivity contribution in [3.05, 3.63) is 12.2 Å². The van der Waals surface area contributed by atoms with Crippen molar-refractivity contribution in [3.8, 4) is 0 Å². The van der Waals surface area contributed by atoms with Crippen LogP contribution in [0.1, 0.15) is 45.4 Å². The zero-order valence-electron chi connectivity index (χ0n) is 9.58. The minimum atomic E-state index is -0.307. The fourth-order valence-corrected chi connectivity index (χ4v) is 1.15. The van der Waals surface area contributed by atoms with E-state index in [1.807, 2.05) is 6.08 Å². The molecule has 1 N–H and O–H groups in total. The van der Waals surface area contributed by atoms with Crippen LogP contribution >= 0.6 is 0 Å². The van der Waals surface area contributed by atoms with E-state index in [4.69, 9.17) is 9.84 Å². The maximum absolute atomic E-state index is 11.0. The molecule has 0 saturated heterocycles. The Balaban J connectivity index is 3.30. The molecule has 0 bridgehead atoms. The molecule has 88 valence electrons. The summed E-state index contributed by atoms with van der Waals surface area (Å²) >= 11 is 0. The van der Waals surface area contributed by atoms with E-state index in [9.17, 15) is 4.79 Å². The second-order valence-electron chi connectivity index (χ2n) is 3.50. The van der Waals surface area contributed by atoms with Crippen LogP contribution < -0.4 is 0 Å². The van der Waals surface area contributed by atoms with E-state index >= 15 is 0 Å². The lowest BCUT2D eigenvalue weighted by Crippen LogP contribution is -2.03. The van der Waals surface area contributed by atoms with Gasteiger partial charge in [-0.2, -0.15) is 0 Å². The first-order valence-electron chi connectivity index (χ1n) is 5.75. The lowest BCUT2D eigenvalue weighted by Gasteiger charge is -1.98. The minimum Gasteiger partial charge on any atom is -0.462 e. The quantitative estimate of drug-likeness (QED) is 0.364. The minimum absolute atomic E-state index is 0.0635. The molecule has 0 saturated carbocycles. The van der Waals surface area contributed by atoms with E-state index in [2.05, 4.69) is 6.92 Å². The molecule has 0 aliphatic heterocycles. The molecule has 0 rings (SSSR count). The van der Waals surface area contributed by atoms with Gasteiger partial charge in [0.1, 0.15) is 0 Å². The van der Waals surface area contributed by atoms with Crippen LogP contribution in [0, 0.1) is 0 Å². The summed E-state index contributed by atoms with van der Waals surface area (Å²) in [6.07, 6.45) is 9.63. The number of carbonyl (C=O) groups is 1. The molecule has 0 aromatic heterocycles. The lowest BCUT2D eigenvalue weighted by molar-refractivity contribution is -0.138. The van der Waals surface area contributed by atoms with Crippen LogP contribution in [0.15, 0.2) is 12.2 Å². The Labute approximate surface area is 92.1 Å². The van der Waals surface area contributed by atoms with Gasteiger partial charge < -0.3 is 9.84 Å². The third-order valence-corrected chi connectivity index (χ3v) is 2.03. The number of hydrogen-bond acceptors (Lipinski definition) is 3. The third kappa shape index (κ3) is 11.1. The van der Waals surface area contributed by atoms with Gasteiger partial charge in [-0.1, -0.05) is 32.3 Å². The van der Waals surface area contributed by atoms with Crippen molar-refractivity contribution < 1.29 is 14.6 Å². The molecule has 0 unspecified atom stereocenters. The normalized spacial score (nSPS) is 10.8. The molecule has 0 aliphatic carbocycles. The Kier molecular flexibility index (Phi) is 10.6. The van der Waals surface area contributed by atoms with Gasteiger partial charge in [0.05, 0.1) is 6.61 Å². The van der Waals surface area contributed by atoms with Gasteiger partial charge >= 0.3 is 5.97 Å². The summed E-state index contributed by atoms with van der Waals surface area (Å²) in [5.74, 6) is -0.307. The topological polar surface area (TPSA) is 46.5 Å². The zero-order valence-corrected chi connectivity index (χ0v) is 9.58. The molecule has 0 atom stereocenters. The smallest absolute Gasteiger partial charge is 0.330 e. The molecule has 0 radical (unpaired) electrons. The predicted octanol–water partition coefficient (Wildman–Crippen LogP) is 2.44. The van der Waals surface area contributed by atoms with Gasteiger partial charge in [-0.15, -0.1) is 0 Å². The zero-order chi connectivity index (χ0) is 11.4. The van der Waals surface area contributed by atoms with Crippen molar-refractivity contribution in [3.63, 3.8) is 0 Å². The Morgan fingerprint density at radius 2 is 2.07 bits per heavy atom. The van der Waals surface area contributed by atoms with Gasteiger partial charge in [0, 0.05) is 19.1 Å². The second kappa shape index (κ2) is 11.2. The lowest BCUT2D eigenvalue weighted by atomic mass is 10.1. The SMILES string of the molecule is CCCCCCC=CC(=O)OCCCO. The van der Waals surface area contributed by atoms with Crippen molar-refractivity contribution in [1.82, 2.24) is 0 Å². The first kappa shape index (κ1) is 14.2. The maximum Gasteiger partial charge on any atom is 0.330 e. The molecule has 0 fully saturated rings. The molecule has 15 heavy (non-hydrogen) atoms. The fourth-order valence-electron chi connectivity index (χ4n) is 1.15. The van der Waals surface area contributed by atoms with Crippen molar-refractivity contribution in [2.75, 3.05) is 13.2 Å². The third-order valence-electron chi connectivity index (χ3n) is 2.03. The van der Waals surface area contributed by atoms with Gasteiger partial charge in [-0.05, 0) is 12.8 Å². The van der Waals surface area contributed by atoms with Gasteiger partial charge in [-0.3, -0.25) is 0 Å². The number of aliphatic hydroxyl groups is 1. The van der Waals surface area contributed by atoms with Crippen molar-refractivity contribution >= 4 is 5.97 Å². The number of unbranched alkanes of at least 4 members (excludes halogenated alkanes) is 4. The van der Waals surface area contributed by atoms with Crippen LogP contribution in [0.3, 0.4) is 0 Å². The van der Waals surface area contributed by atoms with Crippen molar-refractivity contribution in [2.24, 2.45) is 0 Å². The number of aliphatic hydroxyl groups excluding tert-OH is 1. The average molecular weight is 214 g/mol. The largest absolute Gasteiger partial charge is 0.462 e. The number of ether oxygens (including phenoxy) is 1. The Morgan fingerprint density at radius 1 is 1.27 bits per heavy atom. The molecule has 3 heteroatoms. The molecule has 0 aromatic carbocycles. The summed E-state index contributed by atoms with van der Waals surface area (Å²) in [7, 11) is 0. The van der Waals surface area contributed by atoms with E-state index < -0.39 is 0 Å². The summed E-state index contributed by atoms with van der Waals surface area (Å²) < 4.78 is 4.82. The highest BCUT2D eigenvalue weighted by Crippen LogP contribution is 2.02. The maximum atomic E-state index is 11.0. The number of allylic oxidation sites excluding steroid dienone is 1. The summed E-state index contributed by atoms with van der Waals surface area (Å²) in [6, 6.07) is 0. The van der Waals surface area contributed by atoms with E-state index in [1.165, 1.54) is 25.3 Å². The van der Waals surface area contributed by atoms with Crippen LogP contribution in [0.25, 0.3) is 0 Å². The van der Waals surface area contributed by atoms with Crippen LogP contribution in [-0.2, 0) is 9.53 Å². The first-order valence-corrected chi connectivity index (χ1v) is 5.75. The molecule has 3 nitrogen and oxygen atoms in total. The van der Waals surface area contributed by atoms with E-state index in [1.54, 1.807) is 0 Å². The standard InChI is InChI=1S/C12H22O3/c1-2-3-4-5-6-7-9-12(14)15-11-8-10-13/h7,9,13H,2-6,8,10-11H2,1H3. The molecular weight excluding hydrogens is 192 g/mol. The van der Waals surface area contributed by atoms with Gasteiger partial charge in [0.25, 0.3) is 0 Å². The summed E-state index contributed by atoms with van der Waals surface area (Å²) in [5.41, 5.74) is 0. The first-order chi connectivity index (χ1) is 7.31. The molecule has 0 heterocycles. The summed E-state index contributed by atoms with van der Waals surface area (Å²) in [4.78, 5) is 11.0. The highest BCUT2D eigenvalue weighted by molar-refractivity contribution is 5.81. The van der Waals surface area contributed by atoms with Crippen LogP contribution in [0.4, 0.5) is 0 Å². The van der Waals surface area contributed by atoms with E-state index in [0.717, 1.165) is 12.8 Å². The molecule has 0 aromatic rings. The van der Waals surface area contributed by atoms with Crippen LogP contribution in [0.2, 0.25) is 0 Å². The molecular formula is C12H22O3. The Bertz CT molecular complexity index is 176. The van der Waals surface area contributed by atoms with Crippen molar-refractivity contribution in [1.29, 1.82) is 0 Å². The van der Waals surface area contributed by atoms with E-state index in [0.29, 0.717) is 13.0 Å². The van der Waals surface area contributed by atoms with Gasteiger partial charge in [-0.25, -0.2) is 4.79 Å². The number of esters is 1. The van der Waals surface area contributed by atoms with Gasteiger partial charge in [0.15, 0.2) is 0 Å². The summed E-state index contributed by atoms with van der Waals surface area (Å²) in [6.45, 7) is 2.54. The highest BCUT2D eigenvalue weighted by Gasteiger charge is 1.94. The highest BCUT2D eigenvalue weighted by atomic mass is 16.5. The van der Waals surface area contributed by atoms with E-state index in [-0.39, 0.29) is 12.6 Å². The molecule has 0 spiro atoms. The Hall–Kier alpha value is -0.830. The van der Waals surface area contributed by atoms with Crippen LogP contribution in [0.5, 0.6) is 0 Å². The number of hydrogen-bond donors (Lipinski definition) is 1. The number of carbonyl (C=O) groups excluding carboxylic acids is 1. The molecule has 0 amide bonds. The fraction of sp³-hybridized carbons (Fsp3) is 0.750. The van der Waals surface area contributed by atoms with Gasteiger partial charge in [0.2, 0.25) is 0 Å². The summed E-state index contributed by atoms with van der Waals surface area (Å²) in [5, 5.41) is 8.47.